The highest BCUT2D eigenvalue weighted by atomic mass is 35.5. The summed E-state index contributed by atoms with van der Waals surface area (Å²) in [6.07, 6.45) is -2.33. The van der Waals surface area contributed by atoms with Crippen molar-refractivity contribution < 1.29 is 22.7 Å². The summed E-state index contributed by atoms with van der Waals surface area (Å²) in [4.78, 5) is 23.8. The van der Waals surface area contributed by atoms with E-state index >= 15 is 0 Å². The van der Waals surface area contributed by atoms with E-state index in [1.54, 1.807) is 10.9 Å². The number of carbonyl (C=O) groups excluding carboxylic acids is 1. The average Bonchev–Trinajstić information content (AvgIpc) is 3.09. The number of aryl methyl sites for hydroxylation is 1. The molecule has 0 aliphatic heterocycles. The van der Waals surface area contributed by atoms with Gasteiger partial charge in [-0.15, -0.1) is 0 Å². The molecular weight excluding hydrogens is 425 g/mol. The summed E-state index contributed by atoms with van der Waals surface area (Å²) in [6.45, 7) is 0.642. The Morgan fingerprint density at radius 1 is 1.27 bits per heavy atom. The Labute approximate surface area is 174 Å². The predicted octanol–water partition coefficient (Wildman–Crippen LogP) is 3.79. The lowest BCUT2D eigenvalue weighted by Gasteiger charge is -2.10. The standard InChI is InChI=1S/C18H18ClF3N6O2/c19-16-26-14(23)13-15(27-16)28(10-25-13)6-1-2-7-30-17(29)24-9-11-4-3-5-12(8-11)18(20,21)22/h3-5,8,10H,1-2,6-7,9H2,(H,24,29)(H2,23,26,27). The molecule has 8 nitrogen and oxygen atoms in total. The minimum atomic E-state index is -4.43. The van der Waals surface area contributed by atoms with Gasteiger partial charge >= 0.3 is 12.3 Å². The van der Waals surface area contributed by atoms with Gasteiger partial charge in [0.25, 0.3) is 0 Å². The SMILES string of the molecule is Nc1nc(Cl)nc2c1ncn2CCCCOC(=O)NCc1cccc(C(F)(F)F)c1. The second kappa shape index (κ2) is 9.16. The van der Waals surface area contributed by atoms with Crippen LogP contribution in [0.5, 0.6) is 0 Å². The summed E-state index contributed by atoms with van der Waals surface area (Å²) in [5.41, 5.74) is 6.29. The van der Waals surface area contributed by atoms with Crippen LogP contribution in [0.4, 0.5) is 23.8 Å². The van der Waals surface area contributed by atoms with Gasteiger partial charge in [-0.3, -0.25) is 0 Å². The molecule has 0 saturated heterocycles. The molecule has 3 rings (SSSR count). The minimum Gasteiger partial charge on any atom is -0.450 e. The van der Waals surface area contributed by atoms with Crippen molar-refractivity contribution in [2.75, 3.05) is 12.3 Å². The topological polar surface area (TPSA) is 108 Å². The number of aromatic nitrogens is 4. The summed E-state index contributed by atoms with van der Waals surface area (Å²) in [5, 5.41) is 2.46. The zero-order valence-corrected chi connectivity index (χ0v) is 16.4. The lowest BCUT2D eigenvalue weighted by atomic mass is 10.1. The number of fused-ring (bicyclic) bond motifs is 1. The van der Waals surface area contributed by atoms with Gasteiger partial charge in [0.05, 0.1) is 18.5 Å². The normalized spacial score (nSPS) is 11.6. The molecule has 2 aromatic heterocycles. The van der Waals surface area contributed by atoms with Crippen molar-refractivity contribution in [1.29, 1.82) is 0 Å². The number of halogens is 4. The molecule has 0 saturated carbocycles. The van der Waals surface area contributed by atoms with E-state index in [2.05, 4.69) is 20.3 Å². The van der Waals surface area contributed by atoms with Crippen LogP contribution in [0, 0.1) is 0 Å². The summed E-state index contributed by atoms with van der Waals surface area (Å²) in [5.74, 6) is 0.199. The molecule has 0 spiro atoms. The zero-order valence-electron chi connectivity index (χ0n) is 15.6. The fourth-order valence-corrected chi connectivity index (χ4v) is 2.91. The van der Waals surface area contributed by atoms with Crippen LogP contribution in [0.15, 0.2) is 30.6 Å². The number of benzene rings is 1. The fourth-order valence-electron chi connectivity index (χ4n) is 2.73. The van der Waals surface area contributed by atoms with E-state index in [-0.39, 0.29) is 24.3 Å². The van der Waals surface area contributed by atoms with E-state index in [0.29, 0.717) is 36.1 Å². The second-order valence-corrected chi connectivity index (χ2v) is 6.72. The maximum atomic E-state index is 12.7. The first kappa shape index (κ1) is 21.6. The third-order valence-electron chi connectivity index (χ3n) is 4.18. The number of hydrogen-bond donors (Lipinski definition) is 2. The van der Waals surface area contributed by atoms with Crippen LogP contribution in [0.2, 0.25) is 5.28 Å². The largest absolute Gasteiger partial charge is 0.450 e. The number of nitrogens with zero attached hydrogens (tertiary/aromatic N) is 4. The number of hydrogen-bond acceptors (Lipinski definition) is 6. The van der Waals surface area contributed by atoms with Crippen LogP contribution >= 0.6 is 11.6 Å². The first-order chi connectivity index (χ1) is 14.2. The van der Waals surface area contributed by atoms with E-state index < -0.39 is 17.8 Å². The molecule has 0 radical (unpaired) electrons. The molecule has 3 N–H and O–H groups in total. The summed E-state index contributed by atoms with van der Waals surface area (Å²) < 4.78 is 44.9. The van der Waals surface area contributed by atoms with Crippen LogP contribution in [0.3, 0.4) is 0 Å². The van der Waals surface area contributed by atoms with E-state index in [1.807, 2.05) is 0 Å². The molecule has 1 aromatic carbocycles. The van der Waals surface area contributed by atoms with Crippen molar-refractivity contribution in [3.63, 3.8) is 0 Å². The summed E-state index contributed by atoms with van der Waals surface area (Å²) in [7, 11) is 0. The smallest absolute Gasteiger partial charge is 0.416 e. The third kappa shape index (κ3) is 5.50. The molecule has 0 fully saturated rings. The number of imidazole rings is 1. The first-order valence-electron chi connectivity index (χ1n) is 8.94. The Balaban J connectivity index is 1.40. The molecule has 0 aliphatic carbocycles. The molecule has 1 amide bonds. The van der Waals surface area contributed by atoms with Gasteiger partial charge in [0.15, 0.2) is 11.5 Å². The van der Waals surface area contributed by atoms with E-state index in [0.717, 1.165) is 12.1 Å². The number of carbonyl (C=O) groups is 1. The van der Waals surface area contributed by atoms with Crippen LogP contribution in [0.25, 0.3) is 11.2 Å². The van der Waals surface area contributed by atoms with Gasteiger partial charge < -0.3 is 20.4 Å². The number of ether oxygens (including phenoxy) is 1. The molecule has 2 heterocycles. The average molecular weight is 443 g/mol. The van der Waals surface area contributed by atoms with E-state index in [1.165, 1.54) is 12.1 Å². The van der Waals surface area contributed by atoms with Gasteiger partial charge in [0, 0.05) is 13.1 Å². The molecule has 30 heavy (non-hydrogen) atoms. The molecule has 12 heteroatoms. The lowest BCUT2D eigenvalue weighted by molar-refractivity contribution is -0.137. The number of nitrogens with two attached hydrogens (primary N) is 1. The molecule has 0 bridgehead atoms. The quantitative estimate of drug-likeness (QED) is 0.426. The molecule has 3 aromatic rings. The van der Waals surface area contributed by atoms with Crippen LogP contribution in [-0.4, -0.2) is 32.2 Å². The Morgan fingerprint density at radius 3 is 2.83 bits per heavy atom. The minimum absolute atomic E-state index is 0.0301. The number of rotatable bonds is 7. The van der Waals surface area contributed by atoms with Crippen molar-refractivity contribution in [2.45, 2.75) is 32.1 Å². The van der Waals surface area contributed by atoms with Gasteiger partial charge in [-0.2, -0.15) is 23.1 Å². The van der Waals surface area contributed by atoms with Crippen molar-refractivity contribution in [2.24, 2.45) is 0 Å². The lowest BCUT2D eigenvalue weighted by Crippen LogP contribution is -2.24. The summed E-state index contributed by atoms with van der Waals surface area (Å²) >= 11 is 5.81. The fraction of sp³-hybridized carbons (Fsp3) is 0.333. The van der Waals surface area contributed by atoms with Crippen molar-refractivity contribution in [1.82, 2.24) is 24.8 Å². The van der Waals surface area contributed by atoms with Crippen LogP contribution in [-0.2, 0) is 24.0 Å². The number of unbranched alkanes of at least 4 members (excludes halogenated alkanes) is 1. The predicted molar refractivity (Wildman–Crippen MR) is 104 cm³/mol. The highest BCUT2D eigenvalue weighted by Gasteiger charge is 2.30. The van der Waals surface area contributed by atoms with E-state index in [9.17, 15) is 18.0 Å². The van der Waals surface area contributed by atoms with E-state index in [4.69, 9.17) is 22.1 Å². The molecular formula is C18H18ClF3N6O2. The highest BCUT2D eigenvalue weighted by molar-refractivity contribution is 6.28. The number of alkyl halides is 3. The van der Waals surface area contributed by atoms with Gasteiger partial charge in [0.2, 0.25) is 5.28 Å². The van der Waals surface area contributed by atoms with Crippen molar-refractivity contribution >= 4 is 34.7 Å². The number of nitrogen functional groups attached to an aromatic ring is 1. The van der Waals surface area contributed by atoms with Gasteiger partial charge in [-0.05, 0) is 42.1 Å². The molecule has 0 unspecified atom stereocenters. The van der Waals surface area contributed by atoms with Crippen LogP contribution < -0.4 is 11.1 Å². The third-order valence-corrected chi connectivity index (χ3v) is 4.35. The van der Waals surface area contributed by atoms with Gasteiger partial charge in [-0.1, -0.05) is 12.1 Å². The van der Waals surface area contributed by atoms with Gasteiger partial charge in [0.1, 0.15) is 5.52 Å². The monoisotopic (exact) mass is 442 g/mol. The zero-order chi connectivity index (χ0) is 21.7. The number of amides is 1. The summed E-state index contributed by atoms with van der Waals surface area (Å²) in [6, 6.07) is 4.74. The molecule has 0 aliphatic rings. The Hall–Kier alpha value is -3.08. The molecule has 0 atom stereocenters. The number of anilines is 1. The second-order valence-electron chi connectivity index (χ2n) is 6.38. The van der Waals surface area contributed by atoms with Gasteiger partial charge in [-0.25, -0.2) is 9.78 Å². The van der Waals surface area contributed by atoms with Crippen molar-refractivity contribution in [3.8, 4) is 0 Å². The highest BCUT2D eigenvalue weighted by Crippen LogP contribution is 2.29. The maximum Gasteiger partial charge on any atom is 0.416 e. The Kier molecular flexibility index (Phi) is 6.60. The first-order valence-corrected chi connectivity index (χ1v) is 9.32. The van der Waals surface area contributed by atoms with Crippen molar-refractivity contribution in [3.05, 3.63) is 47.0 Å². The molecule has 160 valence electrons. The number of alkyl carbamates (subject to hydrolysis) is 1. The number of nitrogens with one attached hydrogen (secondary N) is 1. The maximum absolute atomic E-state index is 12.7. The van der Waals surface area contributed by atoms with Crippen LogP contribution in [0.1, 0.15) is 24.0 Å². The Morgan fingerprint density at radius 2 is 2.07 bits per heavy atom. The Bertz CT molecular complexity index is 1040.